The Balaban J connectivity index is 1.91. The summed E-state index contributed by atoms with van der Waals surface area (Å²) in [5, 5.41) is 9.71. The fourth-order valence-electron chi connectivity index (χ4n) is 2.08. The molecule has 1 saturated heterocycles. The van der Waals surface area contributed by atoms with E-state index in [-0.39, 0.29) is 13.2 Å². The maximum Gasteiger partial charge on any atom is 0.410 e. The second-order valence-electron chi connectivity index (χ2n) is 5.19. The SMILES string of the molecule is CC1(O)CN(C(=O)OCc2ccccc2)CCC1(F)F. The molecule has 1 N–H and O–H groups in total. The smallest absolute Gasteiger partial charge is 0.410 e. The van der Waals surface area contributed by atoms with Gasteiger partial charge in [0.25, 0.3) is 5.92 Å². The van der Waals surface area contributed by atoms with Gasteiger partial charge in [0.2, 0.25) is 0 Å². The number of ether oxygens (including phenoxy) is 1. The topological polar surface area (TPSA) is 49.8 Å². The number of aliphatic hydroxyl groups is 1. The molecule has 6 heteroatoms. The Hall–Kier alpha value is -1.69. The molecule has 1 aliphatic heterocycles. The first-order valence-electron chi connectivity index (χ1n) is 6.38. The van der Waals surface area contributed by atoms with Gasteiger partial charge >= 0.3 is 6.09 Å². The summed E-state index contributed by atoms with van der Waals surface area (Å²) in [7, 11) is 0. The van der Waals surface area contributed by atoms with Gasteiger partial charge in [-0.15, -0.1) is 0 Å². The van der Waals surface area contributed by atoms with Gasteiger partial charge in [0.1, 0.15) is 12.2 Å². The predicted molar refractivity (Wildman–Crippen MR) is 68.4 cm³/mol. The van der Waals surface area contributed by atoms with E-state index in [9.17, 15) is 18.7 Å². The van der Waals surface area contributed by atoms with Crippen molar-refractivity contribution >= 4 is 6.09 Å². The van der Waals surface area contributed by atoms with Gasteiger partial charge in [-0.2, -0.15) is 0 Å². The number of hydrogen-bond donors (Lipinski definition) is 1. The monoisotopic (exact) mass is 285 g/mol. The maximum atomic E-state index is 13.4. The minimum Gasteiger partial charge on any atom is -0.445 e. The van der Waals surface area contributed by atoms with Crippen LogP contribution in [0.15, 0.2) is 30.3 Å². The lowest BCUT2D eigenvalue weighted by molar-refractivity contribution is -0.202. The van der Waals surface area contributed by atoms with Crippen molar-refractivity contribution < 1.29 is 23.4 Å². The highest BCUT2D eigenvalue weighted by atomic mass is 19.3. The average Bonchev–Trinajstić information content (AvgIpc) is 2.40. The zero-order chi connectivity index (χ0) is 14.8. The number of rotatable bonds is 2. The Morgan fingerprint density at radius 3 is 2.65 bits per heavy atom. The Morgan fingerprint density at radius 2 is 2.05 bits per heavy atom. The van der Waals surface area contributed by atoms with Crippen molar-refractivity contribution in [3.8, 4) is 0 Å². The van der Waals surface area contributed by atoms with E-state index in [2.05, 4.69) is 0 Å². The highest BCUT2D eigenvalue weighted by Gasteiger charge is 2.53. The highest BCUT2D eigenvalue weighted by Crippen LogP contribution is 2.36. The van der Waals surface area contributed by atoms with Gasteiger partial charge in [0.15, 0.2) is 0 Å². The molecular formula is C14H17F2NO3. The predicted octanol–water partition coefficient (Wildman–Crippen LogP) is 2.42. The van der Waals surface area contributed by atoms with Gasteiger partial charge in [0.05, 0.1) is 6.54 Å². The van der Waals surface area contributed by atoms with E-state index in [1.165, 1.54) is 0 Å². The van der Waals surface area contributed by atoms with Crippen LogP contribution in [-0.4, -0.2) is 40.7 Å². The molecule has 0 aromatic heterocycles. The van der Waals surface area contributed by atoms with Crippen molar-refractivity contribution in [3.63, 3.8) is 0 Å². The quantitative estimate of drug-likeness (QED) is 0.908. The van der Waals surface area contributed by atoms with Crippen LogP contribution in [0.4, 0.5) is 13.6 Å². The van der Waals surface area contributed by atoms with Crippen LogP contribution in [-0.2, 0) is 11.3 Å². The molecular weight excluding hydrogens is 268 g/mol. The molecule has 1 amide bonds. The van der Waals surface area contributed by atoms with E-state index < -0.39 is 30.6 Å². The van der Waals surface area contributed by atoms with Crippen molar-refractivity contribution in [3.05, 3.63) is 35.9 Å². The average molecular weight is 285 g/mol. The summed E-state index contributed by atoms with van der Waals surface area (Å²) in [6, 6.07) is 9.07. The van der Waals surface area contributed by atoms with E-state index in [1.807, 2.05) is 18.2 Å². The van der Waals surface area contributed by atoms with E-state index in [4.69, 9.17) is 4.74 Å². The summed E-state index contributed by atoms with van der Waals surface area (Å²) in [4.78, 5) is 12.9. The molecule has 2 rings (SSSR count). The first-order valence-corrected chi connectivity index (χ1v) is 6.38. The molecule has 1 fully saturated rings. The number of hydrogen-bond acceptors (Lipinski definition) is 3. The number of likely N-dealkylation sites (tertiary alicyclic amines) is 1. The molecule has 110 valence electrons. The van der Waals surface area contributed by atoms with E-state index in [0.29, 0.717) is 0 Å². The molecule has 1 aromatic carbocycles. The van der Waals surface area contributed by atoms with Gasteiger partial charge < -0.3 is 14.7 Å². The molecule has 0 spiro atoms. The van der Waals surface area contributed by atoms with Crippen LogP contribution in [0, 0.1) is 0 Å². The largest absolute Gasteiger partial charge is 0.445 e. The van der Waals surface area contributed by atoms with Crippen molar-refractivity contribution in [2.45, 2.75) is 31.5 Å². The number of benzene rings is 1. The Bertz CT molecular complexity index is 477. The van der Waals surface area contributed by atoms with Crippen molar-refractivity contribution in [1.29, 1.82) is 0 Å². The summed E-state index contributed by atoms with van der Waals surface area (Å²) < 4.78 is 31.9. The molecule has 0 radical (unpaired) electrons. The van der Waals surface area contributed by atoms with Crippen LogP contribution in [0.2, 0.25) is 0 Å². The second kappa shape index (κ2) is 5.36. The number of alkyl halides is 2. The minimum atomic E-state index is -3.19. The molecule has 20 heavy (non-hydrogen) atoms. The Kier molecular flexibility index (Phi) is 3.94. The van der Waals surface area contributed by atoms with Crippen LogP contribution in [0.1, 0.15) is 18.9 Å². The highest BCUT2D eigenvalue weighted by molar-refractivity contribution is 5.68. The van der Waals surface area contributed by atoms with Crippen LogP contribution >= 0.6 is 0 Å². The molecule has 0 saturated carbocycles. The molecule has 0 aliphatic carbocycles. The first-order chi connectivity index (χ1) is 9.32. The number of carbonyl (C=O) groups is 1. The minimum absolute atomic E-state index is 0.0781. The van der Waals surface area contributed by atoms with Crippen LogP contribution in [0.3, 0.4) is 0 Å². The molecule has 1 atom stereocenters. The molecule has 1 aromatic rings. The normalized spacial score (nSPS) is 25.3. The fraction of sp³-hybridized carbons (Fsp3) is 0.500. The van der Waals surface area contributed by atoms with Crippen LogP contribution in [0.5, 0.6) is 0 Å². The Morgan fingerprint density at radius 1 is 1.40 bits per heavy atom. The number of β-amino-alcohol motifs (C(OH)–C–C–N with tert-alkyl or cyclic N) is 1. The first kappa shape index (κ1) is 14.7. The maximum absolute atomic E-state index is 13.4. The Labute approximate surface area is 116 Å². The third-order valence-corrected chi connectivity index (χ3v) is 3.45. The van der Waals surface area contributed by atoms with Gasteiger partial charge in [-0.05, 0) is 12.5 Å². The fourth-order valence-corrected chi connectivity index (χ4v) is 2.08. The van der Waals surface area contributed by atoms with Crippen LogP contribution < -0.4 is 0 Å². The standard InChI is InChI=1S/C14H17F2NO3/c1-13(19)10-17(8-7-14(13,15)16)12(18)20-9-11-5-3-2-4-6-11/h2-6,19H,7-10H2,1H3. The lowest BCUT2D eigenvalue weighted by Gasteiger charge is -2.41. The molecule has 1 aliphatic rings. The third kappa shape index (κ3) is 3.07. The lowest BCUT2D eigenvalue weighted by Crippen LogP contribution is -2.60. The van der Waals surface area contributed by atoms with Gasteiger partial charge in [-0.3, -0.25) is 0 Å². The van der Waals surface area contributed by atoms with E-state index in [0.717, 1.165) is 17.4 Å². The number of piperidine rings is 1. The molecule has 4 nitrogen and oxygen atoms in total. The number of halogens is 2. The number of nitrogens with zero attached hydrogens (tertiary/aromatic N) is 1. The lowest BCUT2D eigenvalue weighted by atomic mass is 9.91. The molecule has 0 bridgehead atoms. The molecule has 1 heterocycles. The zero-order valence-corrected chi connectivity index (χ0v) is 11.2. The molecule has 1 unspecified atom stereocenters. The third-order valence-electron chi connectivity index (χ3n) is 3.45. The van der Waals surface area contributed by atoms with Gasteiger partial charge in [-0.1, -0.05) is 30.3 Å². The second-order valence-corrected chi connectivity index (χ2v) is 5.19. The summed E-state index contributed by atoms with van der Waals surface area (Å²) in [5.41, 5.74) is -1.41. The summed E-state index contributed by atoms with van der Waals surface area (Å²) in [5.74, 6) is -3.19. The summed E-state index contributed by atoms with van der Waals surface area (Å²) in [6.45, 7) is 0.544. The van der Waals surface area contributed by atoms with Crippen molar-refractivity contribution in [1.82, 2.24) is 4.90 Å². The van der Waals surface area contributed by atoms with Gasteiger partial charge in [-0.25, -0.2) is 13.6 Å². The summed E-state index contributed by atoms with van der Waals surface area (Å²) in [6.07, 6.45) is -1.26. The van der Waals surface area contributed by atoms with Crippen molar-refractivity contribution in [2.75, 3.05) is 13.1 Å². The van der Waals surface area contributed by atoms with Crippen LogP contribution in [0.25, 0.3) is 0 Å². The number of carbonyl (C=O) groups excluding carboxylic acids is 1. The van der Waals surface area contributed by atoms with E-state index >= 15 is 0 Å². The zero-order valence-electron chi connectivity index (χ0n) is 11.2. The number of amides is 1. The van der Waals surface area contributed by atoms with E-state index in [1.54, 1.807) is 12.1 Å². The van der Waals surface area contributed by atoms with Crippen molar-refractivity contribution in [2.24, 2.45) is 0 Å². The summed E-state index contributed by atoms with van der Waals surface area (Å²) >= 11 is 0. The van der Waals surface area contributed by atoms with Gasteiger partial charge in [0, 0.05) is 13.0 Å².